The first kappa shape index (κ1) is 34.8. The first-order chi connectivity index (χ1) is 15.7. The molecule has 0 fully saturated rings. The van der Waals surface area contributed by atoms with Crippen molar-refractivity contribution in [2.75, 3.05) is 0 Å². The molecule has 1 unspecified atom stereocenters. The van der Waals surface area contributed by atoms with Gasteiger partial charge in [0, 0.05) is 5.57 Å². The van der Waals surface area contributed by atoms with E-state index in [2.05, 4.69) is 11.3 Å². The molecule has 0 aliphatic heterocycles. The van der Waals surface area contributed by atoms with Crippen LogP contribution in [0.15, 0.2) is 12.2 Å². The number of carbonyl (C=O) groups is 1. The first-order valence-electron chi connectivity index (χ1n) is 8.33. The molecule has 0 aliphatic rings. The van der Waals surface area contributed by atoms with Crippen molar-refractivity contribution in [2.45, 2.75) is 73.3 Å². The Balaban J connectivity index is 6.84. The maximum absolute atomic E-state index is 13.6. The van der Waals surface area contributed by atoms with Crippen LogP contribution >= 0.6 is 0 Å². The monoisotopic (exact) mass is 600 g/mol. The zero-order valence-electron chi connectivity index (χ0n) is 16.9. The van der Waals surface area contributed by atoms with E-state index in [0.29, 0.717) is 6.92 Å². The number of rotatable bonds is 11. The fourth-order valence-corrected chi connectivity index (χ4v) is 1.98. The summed E-state index contributed by atoms with van der Waals surface area (Å²) in [6.07, 6.45) is -23.1. The van der Waals surface area contributed by atoms with Gasteiger partial charge in [0.05, 0.1) is 6.42 Å². The molecule has 0 heterocycles. The summed E-state index contributed by atoms with van der Waals surface area (Å²) >= 11 is 0. The number of hydrogen-bond donors (Lipinski definition) is 0. The highest BCUT2D eigenvalue weighted by molar-refractivity contribution is 5.87. The molecule has 0 aromatic carbocycles. The van der Waals surface area contributed by atoms with Gasteiger partial charge in [0.15, 0.2) is 6.17 Å². The molecular formula is C15H8F20O2. The Morgan fingerprint density at radius 1 is 0.622 bits per heavy atom. The predicted octanol–water partition coefficient (Wildman–Crippen LogP) is 7.44. The SMILES string of the molecule is C=C(C)C(=O)OC(F)(F)C(F)(F)C(F)(F)C(F)(F)C(F)(F)C(F)(F)C(F)(F)C(F)(F)C(F)CC(F)(F)F. The van der Waals surface area contributed by atoms with Crippen LogP contribution in [-0.4, -0.2) is 65.9 Å². The lowest BCUT2D eigenvalue weighted by Crippen LogP contribution is -2.75. The number of esters is 1. The molecule has 0 aromatic rings. The molecule has 0 radical (unpaired) electrons. The van der Waals surface area contributed by atoms with Gasteiger partial charge >= 0.3 is 59.7 Å². The van der Waals surface area contributed by atoms with Crippen LogP contribution in [0.2, 0.25) is 0 Å². The average molecular weight is 600 g/mol. The van der Waals surface area contributed by atoms with Crippen molar-refractivity contribution in [1.82, 2.24) is 0 Å². The zero-order chi connectivity index (χ0) is 30.6. The average Bonchev–Trinajstić information content (AvgIpc) is 2.64. The Kier molecular flexibility index (Phi) is 8.68. The smallest absolute Gasteiger partial charge is 0.393 e. The predicted molar refractivity (Wildman–Crippen MR) is 76.1 cm³/mol. The number of halogens is 20. The molecule has 0 N–H and O–H groups in total. The van der Waals surface area contributed by atoms with E-state index in [0.717, 1.165) is 0 Å². The van der Waals surface area contributed by atoms with E-state index in [-0.39, 0.29) is 0 Å². The van der Waals surface area contributed by atoms with Crippen LogP contribution in [-0.2, 0) is 9.53 Å². The Hall–Kier alpha value is -2.19. The van der Waals surface area contributed by atoms with Gasteiger partial charge in [-0.05, 0) is 6.92 Å². The molecule has 1 atom stereocenters. The lowest BCUT2D eigenvalue weighted by molar-refractivity contribution is -0.469. The molecule has 22 heteroatoms. The molecule has 37 heavy (non-hydrogen) atoms. The van der Waals surface area contributed by atoms with Crippen LogP contribution in [0.5, 0.6) is 0 Å². The van der Waals surface area contributed by atoms with Gasteiger partial charge in [-0.2, -0.15) is 83.4 Å². The van der Waals surface area contributed by atoms with Crippen molar-refractivity contribution in [2.24, 2.45) is 0 Å². The molecule has 220 valence electrons. The van der Waals surface area contributed by atoms with E-state index in [4.69, 9.17) is 0 Å². The number of ether oxygens (including phenoxy) is 1. The van der Waals surface area contributed by atoms with Crippen LogP contribution in [0.25, 0.3) is 0 Å². The van der Waals surface area contributed by atoms with Crippen LogP contribution < -0.4 is 0 Å². The van der Waals surface area contributed by atoms with E-state index in [9.17, 15) is 92.6 Å². The summed E-state index contributed by atoms with van der Waals surface area (Å²) in [5.74, 6) is -62.7. The minimum Gasteiger partial charge on any atom is -0.393 e. The molecule has 0 rings (SSSR count). The standard InChI is InChI=1S/C15H8F20O2/c1-4(2)6(36)37-15(34,35)14(32,33)13(30,31)12(28,29)11(26,27)10(24,25)9(22,23)8(20,21)5(16)3-7(17,18)19/h5H,1,3H2,2H3. The van der Waals surface area contributed by atoms with Gasteiger partial charge in [0.25, 0.3) is 0 Å². The lowest BCUT2D eigenvalue weighted by atomic mass is 9.87. The van der Waals surface area contributed by atoms with Crippen molar-refractivity contribution in [3.63, 3.8) is 0 Å². The second-order valence-corrected chi connectivity index (χ2v) is 7.04. The summed E-state index contributed by atoms with van der Waals surface area (Å²) in [6.45, 7) is 2.76. The van der Waals surface area contributed by atoms with Crippen molar-refractivity contribution in [1.29, 1.82) is 0 Å². The van der Waals surface area contributed by atoms with Crippen LogP contribution in [0.3, 0.4) is 0 Å². The second-order valence-electron chi connectivity index (χ2n) is 7.04. The summed E-state index contributed by atoms with van der Waals surface area (Å²) in [4.78, 5) is 10.8. The van der Waals surface area contributed by atoms with E-state index < -0.39 is 77.9 Å². The van der Waals surface area contributed by atoms with E-state index in [1.54, 1.807) is 0 Å². The Morgan fingerprint density at radius 2 is 0.919 bits per heavy atom. The maximum Gasteiger partial charge on any atom is 0.473 e. The largest absolute Gasteiger partial charge is 0.473 e. The summed E-state index contributed by atoms with van der Waals surface area (Å²) in [7, 11) is 0. The molecule has 0 spiro atoms. The Morgan fingerprint density at radius 3 is 1.22 bits per heavy atom. The van der Waals surface area contributed by atoms with Crippen LogP contribution in [0.1, 0.15) is 13.3 Å². The summed E-state index contributed by atoms with van der Waals surface area (Å²) in [6, 6.07) is 0. The van der Waals surface area contributed by atoms with Gasteiger partial charge < -0.3 is 4.74 Å². The molecule has 0 aliphatic carbocycles. The maximum atomic E-state index is 13.6. The van der Waals surface area contributed by atoms with Gasteiger partial charge in [-0.15, -0.1) is 0 Å². The molecule has 0 bridgehead atoms. The van der Waals surface area contributed by atoms with E-state index >= 15 is 0 Å². The molecule has 2 nitrogen and oxygen atoms in total. The first-order valence-corrected chi connectivity index (χ1v) is 8.33. The second kappa shape index (κ2) is 9.23. The highest BCUT2D eigenvalue weighted by Crippen LogP contribution is 2.64. The summed E-state index contributed by atoms with van der Waals surface area (Å²) in [5.41, 5.74) is -1.37. The summed E-state index contributed by atoms with van der Waals surface area (Å²) < 4.78 is 267. The van der Waals surface area contributed by atoms with Crippen molar-refractivity contribution in [3.8, 4) is 0 Å². The Labute approximate surface area is 190 Å². The molecular weight excluding hydrogens is 592 g/mol. The molecule has 0 amide bonds. The van der Waals surface area contributed by atoms with Crippen molar-refractivity contribution >= 4 is 5.97 Å². The minimum absolute atomic E-state index is 0.331. The molecule has 0 saturated heterocycles. The van der Waals surface area contributed by atoms with Gasteiger partial charge in [-0.3, -0.25) is 0 Å². The topological polar surface area (TPSA) is 26.3 Å². The fraction of sp³-hybridized carbons (Fsp3) is 0.800. The van der Waals surface area contributed by atoms with Crippen molar-refractivity contribution < 1.29 is 97.3 Å². The van der Waals surface area contributed by atoms with Crippen molar-refractivity contribution in [3.05, 3.63) is 12.2 Å². The van der Waals surface area contributed by atoms with Gasteiger partial charge in [-0.25, -0.2) is 9.18 Å². The van der Waals surface area contributed by atoms with Crippen LogP contribution in [0.4, 0.5) is 87.8 Å². The van der Waals surface area contributed by atoms with Crippen LogP contribution in [0, 0.1) is 0 Å². The third-order valence-electron chi connectivity index (χ3n) is 4.13. The van der Waals surface area contributed by atoms with Gasteiger partial charge in [0.1, 0.15) is 0 Å². The van der Waals surface area contributed by atoms with E-state index in [1.165, 1.54) is 0 Å². The lowest BCUT2D eigenvalue weighted by Gasteiger charge is -2.43. The third kappa shape index (κ3) is 5.24. The highest BCUT2D eigenvalue weighted by atomic mass is 19.4. The highest BCUT2D eigenvalue weighted by Gasteiger charge is 2.96. The van der Waals surface area contributed by atoms with Gasteiger partial charge in [-0.1, -0.05) is 6.58 Å². The number of alkyl halides is 20. The zero-order valence-corrected chi connectivity index (χ0v) is 16.9. The summed E-state index contributed by atoms with van der Waals surface area (Å²) in [5, 5.41) is 0. The van der Waals surface area contributed by atoms with E-state index in [1.807, 2.05) is 0 Å². The minimum atomic E-state index is -8.98. The third-order valence-corrected chi connectivity index (χ3v) is 4.13. The fourth-order valence-electron chi connectivity index (χ4n) is 1.98. The number of carbonyl (C=O) groups excluding carboxylic acids is 1. The number of hydrogen-bond acceptors (Lipinski definition) is 2. The normalized spacial score (nSPS) is 16.5. The van der Waals surface area contributed by atoms with Gasteiger partial charge in [0.2, 0.25) is 0 Å². The molecule has 0 saturated carbocycles. The molecule has 0 aromatic heterocycles. The Bertz CT molecular complexity index is 869. The quantitative estimate of drug-likeness (QED) is 0.140.